The number of benzene rings is 1. The van der Waals surface area contributed by atoms with Gasteiger partial charge in [0.2, 0.25) is 0 Å². The summed E-state index contributed by atoms with van der Waals surface area (Å²) in [5.41, 5.74) is 0.929. The third-order valence-electron chi connectivity index (χ3n) is 3.16. The summed E-state index contributed by atoms with van der Waals surface area (Å²) in [5, 5.41) is 13.6. The van der Waals surface area contributed by atoms with E-state index in [1.807, 2.05) is 24.3 Å². The van der Waals surface area contributed by atoms with Gasteiger partial charge in [-0.05, 0) is 37.1 Å². The van der Waals surface area contributed by atoms with Crippen molar-refractivity contribution in [3.8, 4) is 5.75 Å². The molecule has 1 aromatic carbocycles. The molecule has 0 aliphatic carbocycles. The average molecular weight is 221 g/mol. The lowest BCUT2D eigenvalue weighted by atomic mass is 9.95. The van der Waals surface area contributed by atoms with Crippen molar-refractivity contribution in [2.75, 3.05) is 13.7 Å². The first kappa shape index (κ1) is 11.4. The number of hydrogen-bond acceptors (Lipinski definition) is 3. The highest BCUT2D eigenvalue weighted by Crippen LogP contribution is 2.25. The molecule has 2 rings (SSSR count). The molecule has 2 atom stereocenters. The molecule has 0 saturated carbocycles. The van der Waals surface area contributed by atoms with Gasteiger partial charge in [-0.15, -0.1) is 0 Å². The molecule has 3 heteroatoms. The number of piperidine rings is 1. The minimum absolute atomic E-state index is 0.181. The summed E-state index contributed by atoms with van der Waals surface area (Å²) in [5.74, 6) is 0.798. The largest absolute Gasteiger partial charge is 0.497 e. The molecule has 1 heterocycles. The standard InChI is InChI=1S/C13H19NO2/c1-16-11-6-4-5-10(9-11)13(15)12-7-2-3-8-14-12/h4-6,9,12-15H,2-3,7-8H2,1H3/t12-,13?/m0/s1. The number of rotatable bonds is 3. The van der Waals surface area contributed by atoms with E-state index in [0.29, 0.717) is 0 Å². The number of aliphatic hydroxyl groups excluding tert-OH is 1. The van der Waals surface area contributed by atoms with Crippen LogP contribution in [0.25, 0.3) is 0 Å². The van der Waals surface area contributed by atoms with Crippen LogP contribution in [0.4, 0.5) is 0 Å². The van der Waals surface area contributed by atoms with Gasteiger partial charge in [0.05, 0.1) is 13.2 Å². The summed E-state index contributed by atoms with van der Waals surface area (Å²) in [7, 11) is 1.64. The van der Waals surface area contributed by atoms with Crippen molar-refractivity contribution < 1.29 is 9.84 Å². The molecule has 16 heavy (non-hydrogen) atoms. The van der Waals surface area contributed by atoms with E-state index < -0.39 is 6.10 Å². The van der Waals surface area contributed by atoms with Gasteiger partial charge >= 0.3 is 0 Å². The SMILES string of the molecule is COc1cccc(C(O)[C@@H]2CCCCN2)c1. The fourth-order valence-electron chi connectivity index (χ4n) is 2.21. The Bertz CT molecular complexity index is 334. The smallest absolute Gasteiger partial charge is 0.119 e. The second kappa shape index (κ2) is 5.32. The van der Waals surface area contributed by atoms with Gasteiger partial charge < -0.3 is 15.2 Å². The highest BCUT2D eigenvalue weighted by atomic mass is 16.5. The minimum Gasteiger partial charge on any atom is -0.497 e. The molecule has 0 bridgehead atoms. The van der Waals surface area contributed by atoms with Crippen molar-refractivity contribution in [2.45, 2.75) is 31.4 Å². The summed E-state index contributed by atoms with van der Waals surface area (Å²) in [6.07, 6.45) is 3.01. The summed E-state index contributed by atoms with van der Waals surface area (Å²) in [6.45, 7) is 1.01. The molecule has 88 valence electrons. The maximum atomic E-state index is 10.2. The van der Waals surface area contributed by atoms with E-state index in [-0.39, 0.29) is 6.04 Å². The molecule has 1 aromatic rings. The maximum absolute atomic E-state index is 10.2. The Labute approximate surface area is 96.4 Å². The molecule has 1 aliphatic rings. The van der Waals surface area contributed by atoms with Crippen molar-refractivity contribution in [3.05, 3.63) is 29.8 Å². The second-order valence-electron chi connectivity index (χ2n) is 4.28. The summed E-state index contributed by atoms with van der Waals surface area (Å²) in [4.78, 5) is 0. The van der Waals surface area contributed by atoms with Crippen LogP contribution in [0.2, 0.25) is 0 Å². The van der Waals surface area contributed by atoms with E-state index in [1.165, 1.54) is 12.8 Å². The van der Waals surface area contributed by atoms with Gasteiger partial charge in [-0.25, -0.2) is 0 Å². The predicted octanol–water partition coefficient (Wildman–Crippen LogP) is 1.87. The number of nitrogens with one attached hydrogen (secondary N) is 1. The van der Waals surface area contributed by atoms with Crippen LogP contribution in [0, 0.1) is 0 Å². The van der Waals surface area contributed by atoms with Gasteiger partial charge in [0.1, 0.15) is 5.75 Å². The normalized spacial score (nSPS) is 22.8. The molecule has 0 spiro atoms. The monoisotopic (exact) mass is 221 g/mol. The lowest BCUT2D eigenvalue weighted by molar-refractivity contribution is 0.113. The van der Waals surface area contributed by atoms with Crippen molar-refractivity contribution in [1.29, 1.82) is 0 Å². The molecular formula is C13H19NO2. The third-order valence-corrected chi connectivity index (χ3v) is 3.16. The van der Waals surface area contributed by atoms with E-state index in [2.05, 4.69) is 5.32 Å². The fraction of sp³-hybridized carbons (Fsp3) is 0.538. The molecule has 0 aromatic heterocycles. The van der Waals surface area contributed by atoms with Crippen molar-refractivity contribution >= 4 is 0 Å². The third kappa shape index (κ3) is 2.54. The van der Waals surface area contributed by atoms with Crippen LogP contribution in [0.1, 0.15) is 30.9 Å². The van der Waals surface area contributed by atoms with Crippen LogP contribution in [-0.2, 0) is 0 Å². The Kier molecular flexibility index (Phi) is 3.80. The number of ether oxygens (including phenoxy) is 1. The maximum Gasteiger partial charge on any atom is 0.119 e. The Hall–Kier alpha value is -1.06. The van der Waals surface area contributed by atoms with Gasteiger partial charge in [-0.1, -0.05) is 18.6 Å². The lowest BCUT2D eigenvalue weighted by Crippen LogP contribution is -2.38. The van der Waals surface area contributed by atoms with Crippen LogP contribution in [0.5, 0.6) is 5.75 Å². The van der Waals surface area contributed by atoms with E-state index in [1.54, 1.807) is 7.11 Å². The van der Waals surface area contributed by atoms with E-state index >= 15 is 0 Å². The molecule has 1 fully saturated rings. The summed E-state index contributed by atoms with van der Waals surface area (Å²) >= 11 is 0. The topological polar surface area (TPSA) is 41.5 Å². The fourth-order valence-corrected chi connectivity index (χ4v) is 2.21. The van der Waals surface area contributed by atoms with Crippen molar-refractivity contribution in [2.24, 2.45) is 0 Å². The van der Waals surface area contributed by atoms with Crippen LogP contribution in [-0.4, -0.2) is 24.8 Å². The molecule has 3 nitrogen and oxygen atoms in total. The highest BCUT2D eigenvalue weighted by molar-refractivity contribution is 5.30. The Morgan fingerprint density at radius 2 is 2.31 bits per heavy atom. The first-order chi connectivity index (χ1) is 7.81. The molecule has 0 amide bonds. The minimum atomic E-state index is -0.435. The van der Waals surface area contributed by atoms with Crippen LogP contribution < -0.4 is 10.1 Å². The quantitative estimate of drug-likeness (QED) is 0.818. The van der Waals surface area contributed by atoms with Gasteiger partial charge in [-0.2, -0.15) is 0 Å². The Morgan fingerprint density at radius 1 is 1.44 bits per heavy atom. The van der Waals surface area contributed by atoms with Gasteiger partial charge in [-0.3, -0.25) is 0 Å². The zero-order valence-electron chi connectivity index (χ0n) is 9.65. The van der Waals surface area contributed by atoms with Gasteiger partial charge in [0.25, 0.3) is 0 Å². The van der Waals surface area contributed by atoms with Gasteiger partial charge in [0, 0.05) is 6.04 Å². The van der Waals surface area contributed by atoms with E-state index in [0.717, 1.165) is 24.3 Å². The van der Waals surface area contributed by atoms with Crippen molar-refractivity contribution in [1.82, 2.24) is 5.32 Å². The molecular weight excluding hydrogens is 202 g/mol. The average Bonchev–Trinajstić information content (AvgIpc) is 2.39. The van der Waals surface area contributed by atoms with Crippen molar-refractivity contribution in [3.63, 3.8) is 0 Å². The lowest BCUT2D eigenvalue weighted by Gasteiger charge is -2.28. The first-order valence-electron chi connectivity index (χ1n) is 5.86. The Balaban J connectivity index is 2.09. The zero-order valence-corrected chi connectivity index (χ0v) is 9.65. The zero-order chi connectivity index (χ0) is 11.4. The molecule has 1 unspecified atom stereocenters. The van der Waals surface area contributed by atoms with Crippen LogP contribution in [0.3, 0.4) is 0 Å². The summed E-state index contributed by atoms with van der Waals surface area (Å²) < 4.78 is 5.16. The molecule has 0 radical (unpaired) electrons. The van der Waals surface area contributed by atoms with E-state index in [9.17, 15) is 5.11 Å². The number of hydrogen-bond donors (Lipinski definition) is 2. The van der Waals surface area contributed by atoms with Gasteiger partial charge in [0.15, 0.2) is 0 Å². The highest BCUT2D eigenvalue weighted by Gasteiger charge is 2.22. The van der Waals surface area contributed by atoms with Crippen LogP contribution >= 0.6 is 0 Å². The number of methoxy groups -OCH3 is 1. The summed E-state index contributed by atoms with van der Waals surface area (Å²) in [6, 6.07) is 7.84. The number of aliphatic hydroxyl groups is 1. The first-order valence-corrected chi connectivity index (χ1v) is 5.86. The molecule has 1 saturated heterocycles. The van der Waals surface area contributed by atoms with E-state index in [4.69, 9.17) is 4.74 Å². The van der Waals surface area contributed by atoms with Crippen LogP contribution in [0.15, 0.2) is 24.3 Å². The predicted molar refractivity (Wildman–Crippen MR) is 63.6 cm³/mol. The Morgan fingerprint density at radius 3 is 3.00 bits per heavy atom. The molecule has 1 aliphatic heterocycles. The second-order valence-corrected chi connectivity index (χ2v) is 4.28. The molecule has 2 N–H and O–H groups in total.